The van der Waals surface area contributed by atoms with Gasteiger partial charge in [0.25, 0.3) is 0 Å². The maximum absolute atomic E-state index is 5.93. The third kappa shape index (κ3) is 4.15. The number of piperidine rings is 1. The number of nitrogens with two attached hydrogens (primary N) is 1. The Bertz CT molecular complexity index is 537. The van der Waals surface area contributed by atoms with Gasteiger partial charge >= 0.3 is 0 Å². The molecule has 7 atom stereocenters. The number of ether oxygens (including phenoxy) is 1. The molecule has 5 fully saturated rings. The van der Waals surface area contributed by atoms with Crippen LogP contribution >= 0.6 is 0 Å². The lowest BCUT2D eigenvalue weighted by Gasteiger charge is -2.49. The molecule has 0 radical (unpaired) electrons. The van der Waals surface area contributed by atoms with E-state index in [-0.39, 0.29) is 0 Å². The number of nitrogens with zero attached hydrogens (tertiary/aromatic N) is 1. The molecule has 5 rings (SSSR count). The van der Waals surface area contributed by atoms with Crippen molar-refractivity contribution in [3.05, 3.63) is 0 Å². The predicted molar refractivity (Wildman–Crippen MR) is 116 cm³/mol. The Kier molecular flexibility index (Phi) is 6.50. The molecule has 3 heterocycles. The summed E-state index contributed by atoms with van der Waals surface area (Å²) in [7, 11) is 2.41. The Morgan fingerprint density at radius 1 is 0.966 bits per heavy atom. The van der Waals surface area contributed by atoms with Crippen LogP contribution in [0.15, 0.2) is 0 Å². The van der Waals surface area contributed by atoms with E-state index >= 15 is 0 Å². The number of quaternary nitrogens is 2. The monoisotopic (exact) mass is 406 g/mol. The first kappa shape index (κ1) is 20.7. The first-order chi connectivity index (χ1) is 14.2. The largest absolute Gasteiger partial charge is 0.379 e. The summed E-state index contributed by atoms with van der Waals surface area (Å²) in [6, 6.07) is 2.43. The maximum atomic E-state index is 5.93. The van der Waals surface area contributed by atoms with E-state index in [1.807, 2.05) is 0 Å². The summed E-state index contributed by atoms with van der Waals surface area (Å²) < 4.78 is 5.93. The van der Waals surface area contributed by atoms with Crippen LogP contribution in [0.1, 0.15) is 77.6 Å². The molecule has 5 aliphatic rings. The van der Waals surface area contributed by atoms with E-state index in [1.54, 1.807) is 4.90 Å². The average molecular weight is 407 g/mol. The second kappa shape index (κ2) is 9.12. The van der Waals surface area contributed by atoms with Gasteiger partial charge in [0.05, 0.1) is 25.7 Å². The lowest BCUT2D eigenvalue weighted by Crippen LogP contribution is -3.13. The maximum Gasteiger partial charge on any atom is 0.147 e. The Labute approximate surface area is 178 Å². The van der Waals surface area contributed by atoms with Gasteiger partial charge in [0.2, 0.25) is 0 Å². The minimum atomic E-state index is 0.531. The number of nitrogens with one attached hydrogen (secondary N) is 2. The molecule has 3 saturated heterocycles. The zero-order valence-corrected chi connectivity index (χ0v) is 19.0. The molecule has 0 bridgehead atoms. The summed E-state index contributed by atoms with van der Waals surface area (Å²) in [6.07, 6.45) is 17.3. The summed E-state index contributed by atoms with van der Waals surface area (Å²) in [6.45, 7) is 5.71. The van der Waals surface area contributed by atoms with Crippen molar-refractivity contribution in [2.45, 2.75) is 114 Å². The fraction of sp³-hybridized carbons (Fsp3) is 1.00. The van der Waals surface area contributed by atoms with Crippen LogP contribution in [0.4, 0.5) is 0 Å². The average Bonchev–Trinajstić information content (AvgIpc) is 3.35. The highest BCUT2D eigenvalue weighted by Crippen LogP contribution is 2.39. The Hall–Kier alpha value is -0.200. The number of hydrogen-bond donors (Lipinski definition) is 3. The second-order valence-corrected chi connectivity index (χ2v) is 10.9. The topological polar surface area (TPSA) is 45.5 Å². The van der Waals surface area contributed by atoms with Gasteiger partial charge in [0, 0.05) is 49.9 Å². The highest BCUT2D eigenvalue weighted by Gasteiger charge is 2.54. The lowest BCUT2D eigenvalue weighted by atomic mass is 9.71. The Balaban J connectivity index is 1.29. The molecule has 4 N–H and O–H groups in total. The van der Waals surface area contributed by atoms with Crippen LogP contribution in [0.25, 0.3) is 0 Å². The van der Waals surface area contributed by atoms with Crippen molar-refractivity contribution in [1.82, 2.24) is 10.2 Å². The Morgan fingerprint density at radius 3 is 2.55 bits per heavy atom. The first-order valence-electron chi connectivity index (χ1n) is 13.0. The molecule has 5 nitrogen and oxygen atoms in total. The number of hydrogen-bond acceptors (Lipinski definition) is 3. The SMILES string of the molecule is CCOC1CCC(N2CCC3C(NC4CCC[NH+]4C)C4CCCCC4[NH2+]C32)CC1. The van der Waals surface area contributed by atoms with E-state index in [2.05, 4.69) is 29.5 Å². The zero-order valence-electron chi connectivity index (χ0n) is 19.0. The van der Waals surface area contributed by atoms with Gasteiger partial charge in [-0.05, 0) is 58.3 Å². The molecule has 29 heavy (non-hydrogen) atoms. The molecule has 2 aliphatic carbocycles. The van der Waals surface area contributed by atoms with Crippen LogP contribution in [0, 0.1) is 11.8 Å². The van der Waals surface area contributed by atoms with Crippen molar-refractivity contribution in [2.75, 3.05) is 26.7 Å². The normalized spacial score (nSPS) is 48.4. The quantitative estimate of drug-likeness (QED) is 0.630. The summed E-state index contributed by atoms with van der Waals surface area (Å²) in [5.74, 6) is 1.76. The number of likely N-dealkylation sites (tertiary alicyclic amines) is 2. The fourth-order valence-corrected chi connectivity index (χ4v) is 7.87. The molecule has 5 heteroatoms. The zero-order chi connectivity index (χ0) is 19.8. The van der Waals surface area contributed by atoms with Crippen LogP contribution in [0.2, 0.25) is 0 Å². The second-order valence-electron chi connectivity index (χ2n) is 10.9. The number of fused-ring (bicyclic) bond motifs is 2. The van der Waals surface area contributed by atoms with Crippen LogP contribution in [0.5, 0.6) is 0 Å². The molecule has 166 valence electrons. The molecule has 0 aromatic rings. The van der Waals surface area contributed by atoms with Gasteiger partial charge in [-0.1, -0.05) is 6.42 Å². The molecular formula is C24H46N4O+2. The van der Waals surface area contributed by atoms with E-state index in [1.165, 1.54) is 83.7 Å². The highest BCUT2D eigenvalue weighted by atomic mass is 16.5. The van der Waals surface area contributed by atoms with Crippen LogP contribution in [-0.2, 0) is 4.74 Å². The van der Waals surface area contributed by atoms with E-state index in [0.29, 0.717) is 12.3 Å². The van der Waals surface area contributed by atoms with Crippen molar-refractivity contribution in [1.29, 1.82) is 0 Å². The van der Waals surface area contributed by atoms with Gasteiger partial charge in [-0.25, -0.2) is 0 Å². The minimum absolute atomic E-state index is 0.531. The van der Waals surface area contributed by atoms with Gasteiger partial charge < -0.3 is 15.0 Å². The summed E-state index contributed by atoms with van der Waals surface area (Å²) in [5, 5.41) is 7.14. The minimum Gasteiger partial charge on any atom is -0.379 e. The Morgan fingerprint density at radius 2 is 1.79 bits per heavy atom. The third-order valence-corrected chi connectivity index (χ3v) is 9.35. The van der Waals surface area contributed by atoms with Gasteiger partial charge in [-0.15, -0.1) is 0 Å². The molecule has 2 saturated carbocycles. The smallest absolute Gasteiger partial charge is 0.147 e. The summed E-state index contributed by atoms with van der Waals surface area (Å²) in [5.41, 5.74) is 0. The van der Waals surface area contributed by atoms with Crippen molar-refractivity contribution >= 4 is 0 Å². The molecule has 3 aliphatic heterocycles. The van der Waals surface area contributed by atoms with Crippen LogP contribution < -0.4 is 15.5 Å². The standard InChI is InChI=1S/C24H44N4O/c1-3-29-18-12-10-17(11-13-18)28-16-14-20-23(26-22-9-6-15-27(22)2)19-7-4-5-8-21(19)25-24(20)28/h17-26H,3-16H2,1-2H3/p+2. The lowest BCUT2D eigenvalue weighted by molar-refractivity contribution is -0.896. The van der Waals surface area contributed by atoms with Crippen molar-refractivity contribution in [2.24, 2.45) is 11.8 Å². The van der Waals surface area contributed by atoms with Crippen molar-refractivity contribution in [3.8, 4) is 0 Å². The highest BCUT2D eigenvalue weighted by molar-refractivity contribution is 5.00. The fourth-order valence-electron chi connectivity index (χ4n) is 7.87. The number of rotatable bonds is 5. The molecule has 0 aromatic heterocycles. The first-order valence-corrected chi connectivity index (χ1v) is 13.0. The van der Waals surface area contributed by atoms with Gasteiger partial charge in [0.15, 0.2) is 0 Å². The van der Waals surface area contributed by atoms with E-state index < -0.39 is 0 Å². The van der Waals surface area contributed by atoms with E-state index in [9.17, 15) is 0 Å². The van der Waals surface area contributed by atoms with Crippen molar-refractivity contribution in [3.63, 3.8) is 0 Å². The van der Waals surface area contributed by atoms with Crippen molar-refractivity contribution < 1.29 is 15.0 Å². The summed E-state index contributed by atoms with van der Waals surface area (Å²) >= 11 is 0. The van der Waals surface area contributed by atoms with E-state index in [4.69, 9.17) is 4.74 Å². The molecular weight excluding hydrogens is 360 g/mol. The summed E-state index contributed by atoms with van der Waals surface area (Å²) in [4.78, 5) is 4.69. The third-order valence-electron chi connectivity index (χ3n) is 9.35. The van der Waals surface area contributed by atoms with Crippen LogP contribution in [0.3, 0.4) is 0 Å². The molecule has 7 unspecified atom stereocenters. The molecule has 0 aromatic carbocycles. The van der Waals surface area contributed by atoms with Gasteiger partial charge in [-0.2, -0.15) is 0 Å². The van der Waals surface area contributed by atoms with Gasteiger partial charge in [-0.3, -0.25) is 10.2 Å². The van der Waals surface area contributed by atoms with Gasteiger partial charge in [0.1, 0.15) is 12.3 Å². The predicted octanol–water partition coefficient (Wildman–Crippen LogP) is 0.711. The van der Waals surface area contributed by atoms with E-state index in [0.717, 1.165) is 42.7 Å². The molecule has 0 amide bonds. The van der Waals surface area contributed by atoms with Crippen LogP contribution in [-0.4, -0.2) is 68.2 Å². The molecule has 0 spiro atoms.